The molecule has 19 heavy (non-hydrogen) atoms. The van der Waals surface area contributed by atoms with Crippen LogP contribution in [0.5, 0.6) is 5.75 Å². The zero-order valence-electron chi connectivity index (χ0n) is 9.21. The lowest BCUT2D eigenvalue weighted by Gasteiger charge is -2.20. The van der Waals surface area contributed by atoms with Gasteiger partial charge >= 0.3 is 12.3 Å². The SMILES string of the molecule is O=C(O)C1=Cc2ccc(OC(F)(F)F)c(Cl)c2NC1. The van der Waals surface area contributed by atoms with Gasteiger partial charge in [-0.25, -0.2) is 4.79 Å². The summed E-state index contributed by atoms with van der Waals surface area (Å²) in [6, 6.07) is 2.34. The number of hydrogen-bond donors (Lipinski definition) is 2. The Hall–Kier alpha value is -1.89. The summed E-state index contributed by atoms with van der Waals surface area (Å²) in [5.74, 6) is -1.64. The number of fused-ring (bicyclic) bond motifs is 1. The van der Waals surface area contributed by atoms with Gasteiger partial charge in [-0.2, -0.15) is 0 Å². The maximum atomic E-state index is 12.1. The van der Waals surface area contributed by atoms with Gasteiger partial charge in [-0.05, 0) is 23.8 Å². The first-order valence-electron chi connectivity index (χ1n) is 5.04. The van der Waals surface area contributed by atoms with Crippen molar-refractivity contribution in [3.05, 3.63) is 28.3 Å². The second-order valence-electron chi connectivity index (χ2n) is 3.72. The molecule has 0 fully saturated rings. The summed E-state index contributed by atoms with van der Waals surface area (Å²) in [6.07, 6.45) is -3.49. The number of rotatable bonds is 2. The van der Waals surface area contributed by atoms with Crippen LogP contribution in [0.3, 0.4) is 0 Å². The topological polar surface area (TPSA) is 58.6 Å². The molecule has 0 saturated carbocycles. The molecule has 0 aliphatic carbocycles. The van der Waals surface area contributed by atoms with Crippen LogP contribution in [0.15, 0.2) is 17.7 Å². The lowest BCUT2D eigenvalue weighted by molar-refractivity contribution is -0.274. The van der Waals surface area contributed by atoms with Crippen molar-refractivity contribution in [1.82, 2.24) is 0 Å². The first kappa shape index (κ1) is 13.5. The third-order valence-electron chi connectivity index (χ3n) is 2.42. The van der Waals surface area contributed by atoms with E-state index in [1.165, 1.54) is 12.1 Å². The number of nitrogens with one attached hydrogen (secondary N) is 1. The molecule has 1 aliphatic rings. The minimum absolute atomic E-state index is 0.0302. The smallest absolute Gasteiger partial charge is 0.478 e. The summed E-state index contributed by atoms with van der Waals surface area (Å²) in [7, 11) is 0. The van der Waals surface area contributed by atoms with Crippen LogP contribution in [-0.2, 0) is 4.79 Å². The Morgan fingerprint density at radius 3 is 2.68 bits per heavy atom. The van der Waals surface area contributed by atoms with Crippen molar-refractivity contribution in [3.8, 4) is 5.75 Å². The summed E-state index contributed by atoms with van der Waals surface area (Å²) in [4.78, 5) is 10.8. The van der Waals surface area contributed by atoms with E-state index in [0.717, 1.165) is 6.07 Å². The second-order valence-corrected chi connectivity index (χ2v) is 4.10. The van der Waals surface area contributed by atoms with Crippen LogP contribution in [0.2, 0.25) is 5.02 Å². The lowest BCUT2D eigenvalue weighted by Crippen LogP contribution is -2.19. The van der Waals surface area contributed by atoms with E-state index in [1.54, 1.807) is 0 Å². The summed E-state index contributed by atoms with van der Waals surface area (Å²) < 4.78 is 40.2. The summed E-state index contributed by atoms with van der Waals surface area (Å²) in [5, 5.41) is 11.2. The third-order valence-corrected chi connectivity index (χ3v) is 2.80. The van der Waals surface area contributed by atoms with Crippen molar-refractivity contribution in [2.45, 2.75) is 6.36 Å². The molecular weight excluding hydrogens is 287 g/mol. The molecule has 1 aliphatic heterocycles. The van der Waals surface area contributed by atoms with Crippen LogP contribution in [0.25, 0.3) is 6.08 Å². The molecule has 1 heterocycles. The molecule has 0 radical (unpaired) electrons. The Labute approximate surface area is 110 Å². The van der Waals surface area contributed by atoms with E-state index in [1.807, 2.05) is 0 Å². The van der Waals surface area contributed by atoms with E-state index < -0.39 is 18.1 Å². The predicted molar refractivity (Wildman–Crippen MR) is 62.2 cm³/mol. The molecule has 102 valence electrons. The van der Waals surface area contributed by atoms with Gasteiger partial charge in [0.15, 0.2) is 0 Å². The quantitative estimate of drug-likeness (QED) is 0.879. The molecule has 1 aromatic carbocycles. The molecule has 0 bridgehead atoms. The number of aliphatic carboxylic acids is 1. The van der Waals surface area contributed by atoms with Gasteiger partial charge in [-0.1, -0.05) is 11.6 Å². The number of ether oxygens (including phenoxy) is 1. The summed E-state index contributed by atoms with van der Waals surface area (Å²) >= 11 is 5.80. The minimum Gasteiger partial charge on any atom is -0.478 e. The van der Waals surface area contributed by atoms with Gasteiger partial charge in [0.25, 0.3) is 0 Å². The average Bonchev–Trinajstić information content (AvgIpc) is 2.31. The molecule has 0 aromatic heterocycles. The minimum atomic E-state index is -4.84. The average molecular weight is 294 g/mol. The largest absolute Gasteiger partial charge is 0.573 e. The number of carboxylic acid groups (broad SMARTS) is 1. The van der Waals surface area contributed by atoms with Crippen molar-refractivity contribution in [1.29, 1.82) is 0 Å². The molecule has 0 amide bonds. The van der Waals surface area contributed by atoms with Gasteiger partial charge in [-0.15, -0.1) is 13.2 Å². The van der Waals surface area contributed by atoms with E-state index in [2.05, 4.69) is 10.1 Å². The molecule has 0 saturated heterocycles. The molecule has 0 unspecified atom stereocenters. The summed E-state index contributed by atoms with van der Waals surface area (Å²) in [6.45, 7) is -0.0302. The number of halogens is 4. The standard InChI is InChI=1S/C11H7ClF3NO3/c12-8-7(19-11(13,14)15)2-1-5-3-6(10(17)18)4-16-9(5)8/h1-3,16H,4H2,(H,17,18). The van der Waals surface area contributed by atoms with Gasteiger partial charge in [-0.3, -0.25) is 0 Å². The zero-order chi connectivity index (χ0) is 14.2. The first-order chi connectivity index (χ1) is 8.78. The number of hydrogen-bond acceptors (Lipinski definition) is 3. The Bertz CT molecular complexity index is 569. The maximum Gasteiger partial charge on any atom is 0.573 e. The fourth-order valence-corrected chi connectivity index (χ4v) is 1.91. The van der Waals surface area contributed by atoms with E-state index >= 15 is 0 Å². The molecule has 2 rings (SSSR count). The van der Waals surface area contributed by atoms with Crippen LogP contribution in [0, 0.1) is 0 Å². The highest BCUT2D eigenvalue weighted by Gasteiger charge is 2.33. The van der Waals surface area contributed by atoms with E-state index in [0.29, 0.717) is 5.56 Å². The molecular formula is C11H7ClF3NO3. The van der Waals surface area contributed by atoms with Gasteiger partial charge in [0.1, 0.15) is 10.8 Å². The van der Waals surface area contributed by atoms with Crippen LogP contribution < -0.4 is 10.1 Å². The lowest BCUT2D eigenvalue weighted by atomic mass is 10.0. The van der Waals surface area contributed by atoms with Gasteiger partial charge < -0.3 is 15.2 Å². The van der Waals surface area contributed by atoms with Crippen LogP contribution in [-0.4, -0.2) is 24.0 Å². The number of carboxylic acids is 1. The summed E-state index contributed by atoms with van der Waals surface area (Å²) in [5.41, 5.74) is 0.699. The van der Waals surface area contributed by atoms with E-state index in [4.69, 9.17) is 16.7 Å². The highest BCUT2D eigenvalue weighted by atomic mass is 35.5. The van der Waals surface area contributed by atoms with Gasteiger partial charge in [0.2, 0.25) is 0 Å². The Kier molecular flexibility index (Phi) is 3.32. The second kappa shape index (κ2) is 4.65. The Balaban J connectivity index is 2.40. The maximum absolute atomic E-state index is 12.1. The molecule has 4 nitrogen and oxygen atoms in total. The first-order valence-corrected chi connectivity index (χ1v) is 5.42. The van der Waals surface area contributed by atoms with Crippen molar-refractivity contribution >= 4 is 29.3 Å². The monoisotopic (exact) mass is 293 g/mol. The molecule has 1 aromatic rings. The highest BCUT2D eigenvalue weighted by Crippen LogP contribution is 2.40. The predicted octanol–water partition coefficient (Wildman–Crippen LogP) is 3.13. The van der Waals surface area contributed by atoms with Crippen molar-refractivity contribution in [3.63, 3.8) is 0 Å². The van der Waals surface area contributed by atoms with Crippen molar-refractivity contribution in [2.24, 2.45) is 0 Å². The van der Waals surface area contributed by atoms with Gasteiger partial charge in [0.05, 0.1) is 11.3 Å². The number of anilines is 1. The van der Waals surface area contributed by atoms with Gasteiger partial charge in [0, 0.05) is 6.54 Å². The molecule has 0 spiro atoms. The third kappa shape index (κ3) is 2.93. The highest BCUT2D eigenvalue weighted by molar-refractivity contribution is 6.35. The molecule has 2 N–H and O–H groups in total. The van der Waals surface area contributed by atoms with E-state index in [9.17, 15) is 18.0 Å². The van der Waals surface area contributed by atoms with Crippen LogP contribution in [0.4, 0.5) is 18.9 Å². The normalized spacial score (nSPS) is 14.2. The van der Waals surface area contributed by atoms with Crippen LogP contribution in [0.1, 0.15) is 5.56 Å². The number of benzene rings is 1. The van der Waals surface area contributed by atoms with E-state index in [-0.39, 0.29) is 22.8 Å². The fourth-order valence-electron chi connectivity index (χ4n) is 1.64. The number of carbonyl (C=O) groups is 1. The Morgan fingerprint density at radius 1 is 1.42 bits per heavy atom. The molecule has 0 atom stereocenters. The van der Waals surface area contributed by atoms with Crippen molar-refractivity contribution in [2.75, 3.05) is 11.9 Å². The Morgan fingerprint density at radius 2 is 2.11 bits per heavy atom. The molecule has 8 heteroatoms. The fraction of sp³-hybridized carbons (Fsp3) is 0.182. The zero-order valence-corrected chi connectivity index (χ0v) is 9.97. The number of alkyl halides is 3. The van der Waals surface area contributed by atoms with Crippen LogP contribution >= 0.6 is 11.6 Å². The van der Waals surface area contributed by atoms with Crippen molar-refractivity contribution < 1.29 is 27.8 Å².